The average Bonchev–Trinajstić information content (AvgIpc) is 2.71. The highest BCUT2D eigenvalue weighted by atomic mass is 16.7. The molecule has 1 unspecified atom stereocenters. The molecule has 2 rings (SSSR count). The number of rotatable bonds is 5. The van der Waals surface area contributed by atoms with Crippen LogP contribution >= 0.6 is 0 Å². The minimum Gasteiger partial charge on any atom is -0.496 e. The van der Waals surface area contributed by atoms with E-state index < -0.39 is 5.79 Å². The van der Waals surface area contributed by atoms with Crippen LogP contribution in [0.15, 0.2) is 18.2 Å². The second-order valence-electron chi connectivity index (χ2n) is 5.23. The molecule has 0 aromatic heterocycles. The molecule has 4 nitrogen and oxygen atoms in total. The lowest BCUT2D eigenvalue weighted by Gasteiger charge is -2.18. The monoisotopic (exact) mass is 266 g/mol. The van der Waals surface area contributed by atoms with E-state index in [2.05, 4.69) is 12.1 Å². The summed E-state index contributed by atoms with van der Waals surface area (Å²) in [7, 11) is 3.37. The molecule has 4 heteroatoms. The van der Waals surface area contributed by atoms with Gasteiger partial charge in [0, 0.05) is 13.5 Å². The van der Waals surface area contributed by atoms with Gasteiger partial charge in [-0.1, -0.05) is 12.1 Å². The summed E-state index contributed by atoms with van der Waals surface area (Å²) in [6.07, 6.45) is 0.872. The molecule has 1 aromatic rings. The molecule has 1 aliphatic heterocycles. The van der Waals surface area contributed by atoms with E-state index in [9.17, 15) is 0 Å². The topological polar surface area (TPSA) is 36.9 Å². The summed E-state index contributed by atoms with van der Waals surface area (Å²) in [6, 6.07) is 6.14. The first-order valence-electron chi connectivity index (χ1n) is 6.50. The molecular formula is C15H22O4. The molecular weight excluding hydrogens is 244 g/mol. The summed E-state index contributed by atoms with van der Waals surface area (Å²) in [5.74, 6) is 0.399. The predicted octanol–water partition coefficient (Wildman–Crippen LogP) is 2.54. The van der Waals surface area contributed by atoms with Crippen molar-refractivity contribution in [2.45, 2.75) is 38.8 Å². The largest absolute Gasteiger partial charge is 0.496 e. The fraction of sp³-hybridized carbons (Fsp3) is 0.600. The first-order valence-corrected chi connectivity index (χ1v) is 6.50. The molecule has 106 valence electrons. The van der Waals surface area contributed by atoms with Crippen LogP contribution in [0.2, 0.25) is 0 Å². The molecule has 0 bridgehead atoms. The van der Waals surface area contributed by atoms with Crippen molar-refractivity contribution in [2.24, 2.45) is 0 Å². The second-order valence-corrected chi connectivity index (χ2v) is 5.23. The third-order valence-corrected chi connectivity index (χ3v) is 3.18. The van der Waals surface area contributed by atoms with Crippen LogP contribution in [0.25, 0.3) is 0 Å². The van der Waals surface area contributed by atoms with Gasteiger partial charge in [0.15, 0.2) is 5.79 Å². The number of methoxy groups -OCH3 is 2. The van der Waals surface area contributed by atoms with Gasteiger partial charge in [-0.25, -0.2) is 0 Å². The third kappa shape index (κ3) is 3.69. The maximum absolute atomic E-state index is 5.83. The van der Waals surface area contributed by atoms with Crippen LogP contribution < -0.4 is 4.74 Å². The van der Waals surface area contributed by atoms with Crippen LogP contribution in [-0.2, 0) is 27.2 Å². The van der Waals surface area contributed by atoms with Crippen molar-refractivity contribution in [1.82, 2.24) is 0 Å². The molecule has 0 aliphatic carbocycles. The Morgan fingerprint density at radius 3 is 2.68 bits per heavy atom. The smallest absolute Gasteiger partial charge is 0.163 e. The van der Waals surface area contributed by atoms with E-state index in [1.165, 1.54) is 0 Å². The van der Waals surface area contributed by atoms with Crippen molar-refractivity contribution >= 4 is 0 Å². The van der Waals surface area contributed by atoms with Crippen LogP contribution in [-0.4, -0.2) is 32.7 Å². The Morgan fingerprint density at radius 1 is 1.32 bits per heavy atom. The Kier molecular flexibility index (Phi) is 4.45. The van der Waals surface area contributed by atoms with Gasteiger partial charge in [-0.2, -0.15) is 0 Å². The first-order chi connectivity index (χ1) is 9.04. The maximum atomic E-state index is 5.83. The molecule has 1 fully saturated rings. The fourth-order valence-electron chi connectivity index (χ4n) is 2.32. The summed E-state index contributed by atoms with van der Waals surface area (Å²) in [5.41, 5.74) is 2.24. The Hall–Kier alpha value is -1.10. The molecule has 0 radical (unpaired) electrons. The van der Waals surface area contributed by atoms with Crippen molar-refractivity contribution < 1.29 is 18.9 Å². The predicted molar refractivity (Wildman–Crippen MR) is 72.3 cm³/mol. The summed E-state index contributed by atoms with van der Waals surface area (Å²) in [4.78, 5) is 0. The van der Waals surface area contributed by atoms with Gasteiger partial charge in [-0.15, -0.1) is 0 Å². The summed E-state index contributed by atoms with van der Waals surface area (Å²) < 4.78 is 22.0. The van der Waals surface area contributed by atoms with Crippen LogP contribution in [0.4, 0.5) is 0 Å². The molecule has 0 amide bonds. The molecule has 0 N–H and O–H groups in total. The molecule has 0 spiro atoms. The van der Waals surface area contributed by atoms with E-state index in [-0.39, 0.29) is 6.10 Å². The lowest BCUT2D eigenvalue weighted by Crippen LogP contribution is -2.22. The fourth-order valence-corrected chi connectivity index (χ4v) is 2.32. The van der Waals surface area contributed by atoms with Crippen molar-refractivity contribution in [3.05, 3.63) is 29.3 Å². The van der Waals surface area contributed by atoms with E-state index in [1.807, 2.05) is 19.9 Å². The van der Waals surface area contributed by atoms with Gasteiger partial charge in [-0.05, 0) is 31.0 Å². The van der Waals surface area contributed by atoms with Gasteiger partial charge in [0.05, 0.1) is 26.4 Å². The van der Waals surface area contributed by atoms with Gasteiger partial charge in [0.1, 0.15) is 5.75 Å². The number of ether oxygens (including phenoxy) is 4. The lowest BCUT2D eigenvalue weighted by atomic mass is 10.0. The van der Waals surface area contributed by atoms with E-state index in [0.29, 0.717) is 13.2 Å². The van der Waals surface area contributed by atoms with Gasteiger partial charge in [-0.3, -0.25) is 0 Å². The standard InChI is InChI=1S/C15H22O4/c1-15(2)18-10-13(19-15)8-12-6-5-11(9-16-3)7-14(12)17-4/h5-7,13H,8-10H2,1-4H3. The molecule has 1 saturated heterocycles. The molecule has 1 atom stereocenters. The molecule has 1 aliphatic rings. The molecule has 1 aromatic carbocycles. The lowest BCUT2D eigenvalue weighted by molar-refractivity contribution is -0.138. The van der Waals surface area contributed by atoms with Crippen molar-refractivity contribution in [1.29, 1.82) is 0 Å². The molecule has 1 heterocycles. The van der Waals surface area contributed by atoms with E-state index in [1.54, 1.807) is 14.2 Å². The number of hydrogen-bond donors (Lipinski definition) is 0. The highest BCUT2D eigenvalue weighted by Crippen LogP contribution is 2.28. The van der Waals surface area contributed by atoms with E-state index in [0.717, 1.165) is 23.3 Å². The maximum Gasteiger partial charge on any atom is 0.163 e. The Labute approximate surface area is 114 Å². The quantitative estimate of drug-likeness (QED) is 0.820. The Morgan fingerprint density at radius 2 is 2.11 bits per heavy atom. The number of hydrogen-bond acceptors (Lipinski definition) is 4. The highest BCUT2D eigenvalue weighted by molar-refractivity contribution is 5.38. The van der Waals surface area contributed by atoms with Crippen LogP contribution in [0.5, 0.6) is 5.75 Å². The SMILES string of the molecule is COCc1ccc(CC2COC(C)(C)O2)c(OC)c1. The average molecular weight is 266 g/mol. The zero-order valence-corrected chi connectivity index (χ0v) is 12.1. The van der Waals surface area contributed by atoms with Crippen molar-refractivity contribution in [3.8, 4) is 5.75 Å². The molecule has 0 saturated carbocycles. The van der Waals surface area contributed by atoms with Gasteiger partial charge < -0.3 is 18.9 Å². The van der Waals surface area contributed by atoms with Crippen LogP contribution in [0, 0.1) is 0 Å². The minimum atomic E-state index is -0.478. The number of benzene rings is 1. The summed E-state index contributed by atoms with van der Waals surface area (Å²) in [6.45, 7) is 5.08. The van der Waals surface area contributed by atoms with Crippen molar-refractivity contribution in [3.63, 3.8) is 0 Å². The van der Waals surface area contributed by atoms with Gasteiger partial charge >= 0.3 is 0 Å². The van der Waals surface area contributed by atoms with Crippen molar-refractivity contribution in [2.75, 3.05) is 20.8 Å². The first kappa shape index (κ1) is 14.3. The zero-order valence-electron chi connectivity index (χ0n) is 12.1. The highest BCUT2D eigenvalue weighted by Gasteiger charge is 2.32. The third-order valence-electron chi connectivity index (χ3n) is 3.18. The Balaban J connectivity index is 2.07. The Bertz CT molecular complexity index is 428. The van der Waals surface area contributed by atoms with Gasteiger partial charge in [0.2, 0.25) is 0 Å². The molecule has 19 heavy (non-hydrogen) atoms. The minimum absolute atomic E-state index is 0.0807. The van der Waals surface area contributed by atoms with E-state index in [4.69, 9.17) is 18.9 Å². The normalized spacial score (nSPS) is 21.6. The van der Waals surface area contributed by atoms with Crippen LogP contribution in [0.1, 0.15) is 25.0 Å². The zero-order chi connectivity index (χ0) is 13.9. The summed E-state index contributed by atoms with van der Waals surface area (Å²) >= 11 is 0. The summed E-state index contributed by atoms with van der Waals surface area (Å²) in [5, 5.41) is 0. The van der Waals surface area contributed by atoms with E-state index >= 15 is 0 Å². The van der Waals surface area contributed by atoms with Crippen LogP contribution in [0.3, 0.4) is 0 Å². The second kappa shape index (κ2) is 5.90. The van der Waals surface area contributed by atoms with Gasteiger partial charge in [0.25, 0.3) is 0 Å².